The van der Waals surface area contributed by atoms with Gasteiger partial charge in [0.05, 0.1) is 0 Å². The number of carbonyl (C=O) groups is 1. The summed E-state index contributed by atoms with van der Waals surface area (Å²) in [5.74, 6) is 0.452. The van der Waals surface area contributed by atoms with E-state index in [4.69, 9.17) is 0 Å². The molecule has 0 bridgehead atoms. The van der Waals surface area contributed by atoms with E-state index in [1.54, 1.807) is 9.80 Å². The van der Waals surface area contributed by atoms with E-state index in [-0.39, 0.29) is 6.03 Å². The van der Waals surface area contributed by atoms with Gasteiger partial charge in [0.1, 0.15) is 0 Å². The molecular weight excluding hydrogens is 224 g/mol. The van der Waals surface area contributed by atoms with E-state index in [9.17, 15) is 4.79 Å². The Labute approximate surface area is 109 Å². The van der Waals surface area contributed by atoms with Crippen LogP contribution in [0, 0.1) is 5.92 Å². The zero-order valence-corrected chi connectivity index (χ0v) is 11.0. The van der Waals surface area contributed by atoms with Crippen molar-refractivity contribution >= 4 is 6.03 Å². The highest BCUT2D eigenvalue weighted by atomic mass is 16.2. The first-order valence-corrected chi connectivity index (χ1v) is 6.58. The van der Waals surface area contributed by atoms with Crippen LogP contribution >= 0.6 is 0 Å². The third-order valence-electron chi connectivity index (χ3n) is 3.32. The molecular formula is C15H20N2O. The van der Waals surface area contributed by atoms with Gasteiger partial charge in [-0.15, -0.1) is 0 Å². The fourth-order valence-corrected chi connectivity index (χ4v) is 2.02. The maximum absolute atomic E-state index is 12.3. The average Bonchev–Trinajstić information content (AvgIpc) is 2.46. The number of allylic oxidation sites excluding steroid dienone is 4. The van der Waals surface area contributed by atoms with Crippen molar-refractivity contribution in [3.8, 4) is 0 Å². The first kappa shape index (κ1) is 12.7. The van der Waals surface area contributed by atoms with Crippen LogP contribution in [0.5, 0.6) is 0 Å². The molecule has 18 heavy (non-hydrogen) atoms. The number of carbonyl (C=O) groups excluding carboxylic acids is 1. The molecule has 0 saturated carbocycles. The lowest BCUT2D eigenvalue weighted by molar-refractivity contribution is 0.208. The van der Waals surface area contributed by atoms with Crippen molar-refractivity contribution in [3.05, 3.63) is 48.6 Å². The van der Waals surface area contributed by atoms with Gasteiger partial charge in [0.15, 0.2) is 0 Å². The van der Waals surface area contributed by atoms with Crippen LogP contribution in [0.15, 0.2) is 48.6 Å². The van der Waals surface area contributed by atoms with Gasteiger partial charge < -0.3 is 0 Å². The van der Waals surface area contributed by atoms with E-state index in [1.165, 1.54) is 5.57 Å². The molecule has 0 aromatic carbocycles. The van der Waals surface area contributed by atoms with Crippen LogP contribution in [-0.2, 0) is 0 Å². The van der Waals surface area contributed by atoms with Gasteiger partial charge in [0.2, 0.25) is 0 Å². The fourth-order valence-electron chi connectivity index (χ4n) is 2.02. The summed E-state index contributed by atoms with van der Waals surface area (Å²) in [6, 6.07) is -0.0287. The van der Waals surface area contributed by atoms with Crippen LogP contribution in [-0.4, -0.2) is 15.8 Å². The minimum Gasteiger partial charge on any atom is -0.277 e. The van der Waals surface area contributed by atoms with Gasteiger partial charge in [-0.1, -0.05) is 32.1 Å². The Hall–Kier alpha value is -1.77. The predicted octanol–water partition coefficient (Wildman–Crippen LogP) is 3.99. The quantitative estimate of drug-likeness (QED) is 0.720. The monoisotopic (exact) mass is 244 g/mol. The summed E-state index contributed by atoms with van der Waals surface area (Å²) in [6.07, 6.45) is 16.7. The lowest BCUT2D eigenvalue weighted by Gasteiger charge is -2.26. The van der Waals surface area contributed by atoms with Gasteiger partial charge in [0.25, 0.3) is 0 Å². The Morgan fingerprint density at radius 1 is 1.22 bits per heavy atom. The van der Waals surface area contributed by atoms with Crippen LogP contribution in [0.1, 0.15) is 33.1 Å². The van der Waals surface area contributed by atoms with Crippen molar-refractivity contribution in [1.82, 2.24) is 9.80 Å². The highest BCUT2D eigenvalue weighted by molar-refractivity contribution is 5.79. The number of nitrogens with zero attached hydrogens (tertiary/aromatic N) is 2. The second-order valence-electron chi connectivity index (χ2n) is 4.58. The Morgan fingerprint density at radius 3 is 2.56 bits per heavy atom. The summed E-state index contributed by atoms with van der Waals surface area (Å²) >= 11 is 0. The maximum Gasteiger partial charge on any atom is 0.336 e. The molecule has 2 aliphatic rings. The molecule has 3 nitrogen and oxygen atoms in total. The zero-order chi connectivity index (χ0) is 13.0. The van der Waals surface area contributed by atoms with Gasteiger partial charge in [0, 0.05) is 24.8 Å². The van der Waals surface area contributed by atoms with Crippen molar-refractivity contribution in [2.45, 2.75) is 33.1 Å². The van der Waals surface area contributed by atoms with Crippen LogP contribution in [0.3, 0.4) is 0 Å². The first-order chi connectivity index (χ1) is 8.74. The van der Waals surface area contributed by atoms with Crippen molar-refractivity contribution in [2.75, 3.05) is 0 Å². The topological polar surface area (TPSA) is 23.6 Å². The summed E-state index contributed by atoms with van der Waals surface area (Å²) in [4.78, 5) is 15.5. The van der Waals surface area contributed by atoms with Crippen molar-refractivity contribution < 1.29 is 4.79 Å². The van der Waals surface area contributed by atoms with E-state index >= 15 is 0 Å². The van der Waals surface area contributed by atoms with Gasteiger partial charge >= 0.3 is 6.03 Å². The second-order valence-corrected chi connectivity index (χ2v) is 4.58. The van der Waals surface area contributed by atoms with Crippen LogP contribution in [0.4, 0.5) is 4.79 Å². The molecule has 0 aromatic rings. The highest BCUT2D eigenvalue weighted by Gasteiger charge is 2.18. The fraction of sp³-hybridized carbons (Fsp3) is 0.400. The van der Waals surface area contributed by atoms with Gasteiger partial charge in [-0.25, -0.2) is 4.79 Å². The van der Waals surface area contributed by atoms with Gasteiger partial charge in [-0.2, -0.15) is 0 Å². The molecule has 0 unspecified atom stereocenters. The molecule has 0 radical (unpaired) electrons. The van der Waals surface area contributed by atoms with Crippen molar-refractivity contribution in [2.24, 2.45) is 5.92 Å². The smallest absolute Gasteiger partial charge is 0.277 e. The van der Waals surface area contributed by atoms with E-state index in [0.29, 0.717) is 5.92 Å². The van der Waals surface area contributed by atoms with Gasteiger partial charge in [-0.05, 0) is 30.8 Å². The Bertz CT molecular complexity index is 418. The molecule has 2 amide bonds. The first-order valence-electron chi connectivity index (χ1n) is 6.58. The third-order valence-corrected chi connectivity index (χ3v) is 3.32. The summed E-state index contributed by atoms with van der Waals surface area (Å²) in [7, 11) is 0. The summed E-state index contributed by atoms with van der Waals surface area (Å²) in [6.45, 7) is 4.25. The zero-order valence-electron chi connectivity index (χ0n) is 11.0. The Morgan fingerprint density at radius 2 is 1.94 bits per heavy atom. The normalized spacial score (nSPS) is 19.3. The van der Waals surface area contributed by atoms with Crippen LogP contribution in [0.2, 0.25) is 0 Å². The van der Waals surface area contributed by atoms with Crippen LogP contribution < -0.4 is 0 Å². The van der Waals surface area contributed by atoms with E-state index in [2.05, 4.69) is 26.0 Å². The van der Waals surface area contributed by atoms with Crippen molar-refractivity contribution in [3.63, 3.8) is 0 Å². The standard InChI is InChI=1S/C15H20N2O/c1-3-13-7-10-16(11-8-13)15(18)17-9-5-6-14(4-2)12-17/h5,7-13H,3-4,6H2,1-2H3. The van der Waals surface area contributed by atoms with Gasteiger partial charge in [-0.3, -0.25) is 9.80 Å². The number of hydrogen-bond acceptors (Lipinski definition) is 1. The van der Waals surface area contributed by atoms with E-state index in [1.807, 2.05) is 30.9 Å². The minimum absolute atomic E-state index is 0.0287. The Kier molecular flexibility index (Phi) is 4.03. The summed E-state index contributed by atoms with van der Waals surface area (Å²) < 4.78 is 0. The van der Waals surface area contributed by atoms with Crippen molar-refractivity contribution in [1.29, 1.82) is 0 Å². The molecule has 0 saturated heterocycles. The molecule has 0 N–H and O–H groups in total. The van der Waals surface area contributed by atoms with E-state index < -0.39 is 0 Å². The molecule has 2 aliphatic heterocycles. The lowest BCUT2D eigenvalue weighted by Crippen LogP contribution is -2.33. The SMILES string of the molecule is CCC1=CN(C(=O)N2C=CC(CC)C=C2)C=CC1. The number of urea groups is 1. The third kappa shape index (κ3) is 2.73. The average molecular weight is 244 g/mol. The molecule has 3 heteroatoms. The summed E-state index contributed by atoms with van der Waals surface area (Å²) in [5, 5.41) is 0. The molecule has 2 heterocycles. The number of amides is 2. The highest BCUT2D eigenvalue weighted by Crippen LogP contribution is 2.19. The maximum atomic E-state index is 12.3. The molecule has 0 atom stereocenters. The van der Waals surface area contributed by atoms with E-state index in [0.717, 1.165) is 19.3 Å². The molecule has 96 valence electrons. The minimum atomic E-state index is -0.0287. The largest absolute Gasteiger partial charge is 0.336 e. The molecule has 0 aliphatic carbocycles. The number of hydrogen-bond donors (Lipinski definition) is 0. The second kappa shape index (κ2) is 5.71. The Balaban J connectivity index is 2.04. The molecule has 2 rings (SSSR count). The predicted molar refractivity (Wildman–Crippen MR) is 73.3 cm³/mol. The lowest BCUT2D eigenvalue weighted by atomic mass is 10.1. The number of rotatable bonds is 2. The molecule has 0 fully saturated rings. The summed E-state index contributed by atoms with van der Waals surface area (Å²) in [5.41, 5.74) is 1.28. The molecule has 0 spiro atoms. The molecule has 0 aromatic heterocycles. The van der Waals surface area contributed by atoms with Crippen LogP contribution in [0.25, 0.3) is 0 Å².